The molecular formula is C18H20ClFN4S. The second-order valence-electron chi connectivity index (χ2n) is 5.47. The van der Waals surface area contributed by atoms with Crippen molar-refractivity contribution in [3.8, 4) is 0 Å². The lowest BCUT2D eigenvalue weighted by molar-refractivity contribution is 0.628. The molecule has 0 aliphatic carbocycles. The molecule has 0 spiro atoms. The molecule has 0 aliphatic heterocycles. The molecule has 0 radical (unpaired) electrons. The number of nitrogens with one attached hydrogen (secondary N) is 2. The van der Waals surface area contributed by atoms with Gasteiger partial charge in [0, 0.05) is 25.0 Å². The average Bonchev–Trinajstić information content (AvgIpc) is 2.59. The Morgan fingerprint density at radius 2 is 2.00 bits per heavy atom. The van der Waals surface area contributed by atoms with E-state index in [1.165, 1.54) is 12.1 Å². The number of rotatable bonds is 6. The molecule has 25 heavy (non-hydrogen) atoms. The van der Waals surface area contributed by atoms with Gasteiger partial charge in [-0.25, -0.2) is 4.39 Å². The molecule has 132 valence electrons. The molecule has 4 nitrogen and oxygen atoms in total. The van der Waals surface area contributed by atoms with Gasteiger partial charge in [0.2, 0.25) is 0 Å². The number of halogens is 2. The molecule has 0 amide bonds. The van der Waals surface area contributed by atoms with Gasteiger partial charge >= 0.3 is 0 Å². The van der Waals surface area contributed by atoms with E-state index in [1.54, 1.807) is 12.3 Å². The predicted molar refractivity (Wildman–Crippen MR) is 108 cm³/mol. The molecule has 0 atom stereocenters. The van der Waals surface area contributed by atoms with Crippen molar-refractivity contribution in [3.63, 3.8) is 0 Å². The number of nitrogens with zero attached hydrogens (tertiary/aromatic N) is 2. The summed E-state index contributed by atoms with van der Waals surface area (Å²) in [6.07, 6.45) is 2.78. The number of anilines is 2. The summed E-state index contributed by atoms with van der Waals surface area (Å²) in [6.45, 7) is 3.17. The summed E-state index contributed by atoms with van der Waals surface area (Å²) in [7, 11) is 2.07. The Morgan fingerprint density at radius 3 is 2.64 bits per heavy atom. The highest BCUT2D eigenvalue weighted by atomic mass is 35.5. The van der Waals surface area contributed by atoms with E-state index < -0.39 is 5.82 Å². The van der Waals surface area contributed by atoms with Gasteiger partial charge in [0.05, 0.1) is 11.2 Å². The highest BCUT2D eigenvalue weighted by Gasteiger charge is 2.02. The van der Waals surface area contributed by atoms with Crippen LogP contribution in [0.15, 0.2) is 47.6 Å². The predicted octanol–water partition coefficient (Wildman–Crippen LogP) is 4.65. The Morgan fingerprint density at radius 1 is 1.28 bits per heavy atom. The van der Waals surface area contributed by atoms with Crippen LogP contribution >= 0.6 is 23.8 Å². The van der Waals surface area contributed by atoms with Gasteiger partial charge in [0.1, 0.15) is 5.82 Å². The SMILES string of the molecule is CCCN(C)c1ccc(/C=N/NC(=S)Nc2ccc(F)c(Cl)c2)cc1. The zero-order chi connectivity index (χ0) is 18.2. The van der Waals surface area contributed by atoms with E-state index in [-0.39, 0.29) is 5.02 Å². The summed E-state index contributed by atoms with van der Waals surface area (Å²) in [6, 6.07) is 12.4. The molecule has 0 fully saturated rings. The maximum absolute atomic E-state index is 13.1. The highest BCUT2D eigenvalue weighted by molar-refractivity contribution is 7.80. The molecule has 0 saturated heterocycles. The summed E-state index contributed by atoms with van der Waals surface area (Å²) in [5.74, 6) is -0.475. The van der Waals surface area contributed by atoms with E-state index in [0.717, 1.165) is 24.2 Å². The maximum Gasteiger partial charge on any atom is 0.191 e. The van der Waals surface area contributed by atoms with Gasteiger partial charge in [-0.2, -0.15) is 5.10 Å². The first-order chi connectivity index (χ1) is 12.0. The van der Waals surface area contributed by atoms with Crippen molar-refractivity contribution in [1.82, 2.24) is 5.43 Å². The van der Waals surface area contributed by atoms with Crippen LogP contribution in [-0.4, -0.2) is 24.9 Å². The quantitative estimate of drug-likeness (QED) is 0.436. The monoisotopic (exact) mass is 378 g/mol. The molecule has 0 bridgehead atoms. The van der Waals surface area contributed by atoms with Gasteiger partial charge in [0.15, 0.2) is 5.11 Å². The fraction of sp³-hybridized carbons (Fsp3) is 0.222. The summed E-state index contributed by atoms with van der Waals surface area (Å²) < 4.78 is 13.1. The maximum atomic E-state index is 13.1. The van der Waals surface area contributed by atoms with Crippen molar-refractivity contribution in [1.29, 1.82) is 0 Å². The molecule has 2 aromatic carbocycles. The zero-order valence-electron chi connectivity index (χ0n) is 14.1. The molecule has 2 rings (SSSR count). The third-order valence-corrected chi connectivity index (χ3v) is 3.93. The number of benzene rings is 2. The van der Waals surface area contributed by atoms with Crippen LogP contribution in [0.3, 0.4) is 0 Å². The van der Waals surface area contributed by atoms with E-state index in [4.69, 9.17) is 23.8 Å². The minimum Gasteiger partial charge on any atom is -0.375 e. The van der Waals surface area contributed by atoms with E-state index in [1.807, 2.05) is 24.3 Å². The van der Waals surface area contributed by atoms with Crippen LogP contribution < -0.4 is 15.6 Å². The third-order valence-electron chi connectivity index (χ3n) is 3.45. The first kappa shape index (κ1) is 19.1. The largest absolute Gasteiger partial charge is 0.375 e. The number of hydrogen-bond acceptors (Lipinski definition) is 3. The Kier molecular flexibility index (Phi) is 7.16. The lowest BCUT2D eigenvalue weighted by Gasteiger charge is -2.18. The second kappa shape index (κ2) is 9.34. The minimum absolute atomic E-state index is 0.0319. The van der Waals surface area contributed by atoms with Crippen LogP contribution in [0, 0.1) is 5.82 Å². The number of thiocarbonyl (C=S) groups is 1. The van der Waals surface area contributed by atoms with Gasteiger partial charge in [-0.15, -0.1) is 0 Å². The first-order valence-electron chi connectivity index (χ1n) is 7.86. The fourth-order valence-electron chi connectivity index (χ4n) is 2.18. The van der Waals surface area contributed by atoms with Crippen molar-refractivity contribution in [2.45, 2.75) is 13.3 Å². The molecule has 2 aromatic rings. The molecule has 0 aromatic heterocycles. The molecule has 0 unspecified atom stereocenters. The molecule has 0 heterocycles. The average molecular weight is 379 g/mol. The van der Waals surface area contributed by atoms with Gasteiger partial charge in [-0.1, -0.05) is 30.7 Å². The van der Waals surface area contributed by atoms with Gasteiger partial charge in [-0.3, -0.25) is 5.43 Å². The zero-order valence-corrected chi connectivity index (χ0v) is 15.7. The van der Waals surface area contributed by atoms with Crippen molar-refractivity contribution < 1.29 is 4.39 Å². The van der Waals surface area contributed by atoms with E-state index in [2.05, 4.69) is 34.7 Å². The minimum atomic E-state index is -0.475. The number of hydrazone groups is 1. The smallest absolute Gasteiger partial charge is 0.191 e. The van der Waals surface area contributed by atoms with Crippen LogP contribution in [-0.2, 0) is 0 Å². The first-order valence-corrected chi connectivity index (χ1v) is 8.64. The van der Waals surface area contributed by atoms with E-state index >= 15 is 0 Å². The lowest BCUT2D eigenvalue weighted by Crippen LogP contribution is -2.23. The van der Waals surface area contributed by atoms with Crippen LogP contribution in [0.25, 0.3) is 0 Å². The van der Waals surface area contributed by atoms with Crippen molar-refractivity contribution in [2.24, 2.45) is 5.10 Å². The summed E-state index contributed by atoms with van der Waals surface area (Å²) >= 11 is 10.9. The Hall–Kier alpha value is -2.18. The second-order valence-corrected chi connectivity index (χ2v) is 6.28. The Balaban J connectivity index is 1.87. The normalized spacial score (nSPS) is 10.7. The van der Waals surface area contributed by atoms with Crippen LogP contribution in [0.1, 0.15) is 18.9 Å². The van der Waals surface area contributed by atoms with Crippen molar-refractivity contribution in [2.75, 3.05) is 23.8 Å². The van der Waals surface area contributed by atoms with Crippen LogP contribution in [0.2, 0.25) is 5.02 Å². The topological polar surface area (TPSA) is 39.7 Å². The number of hydrogen-bond donors (Lipinski definition) is 2. The summed E-state index contributed by atoms with van der Waals surface area (Å²) in [5.41, 5.74) is 5.42. The van der Waals surface area contributed by atoms with E-state index in [0.29, 0.717) is 10.8 Å². The van der Waals surface area contributed by atoms with Crippen LogP contribution in [0.4, 0.5) is 15.8 Å². The van der Waals surface area contributed by atoms with Crippen molar-refractivity contribution >= 4 is 46.5 Å². The summed E-state index contributed by atoms with van der Waals surface area (Å²) in [5, 5.41) is 7.29. The van der Waals surface area contributed by atoms with Crippen molar-refractivity contribution in [3.05, 3.63) is 58.9 Å². The van der Waals surface area contributed by atoms with E-state index in [9.17, 15) is 4.39 Å². The van der Waals surface area contributed by atoms with Gasteiger partial charge < -0.3 is 10.2 Å². The molecule has 7 heteroatoms. The lowest BCUT2D eigenvalue weighted by atomic mass is 10.2. The molecule has 0 aliphatic rings. The Labute approximate surface area is 157 Å². The third kappa shape index (κ3) is 5.99. The summed E-state index contributed by atoms with van der Waals surface area (Å²) in [4.78, 5) is 2.20. The molecule has 2 N–H and O–H groups in total. The Bertz CT molecular complexity index is 749. The fourth-order valence-corrected chi connectivity index (χ4v) is 2.53. The van der Waals surface area contributed by atoms with Gasteiger partial charge in [-0.05, 0) is 54.5 Å². The standard InChI is InChI=1S/C18H20ClFN4S/c1-3-10-24(2)15-7-4-13(5-8-15)12-21-23-18(25)22-14-6-9-17(20)16(19)11-14/h4-9,11-12H,3,10H2,1-2H3,(H2,22,23,25)/b21-12+. The molecular weight excluding hydrogens is 359 g/mol. The van der Waals surface area contributed by atoms with Gasteiger partial charge in [0.25, 0.3) is 0 Å². The van der Waals surface area contributed by atoms with Crippen LogP contribution in [0.5, 0.6) is 0 Å². The highest BCUT2D eigenvalue weighted by Crippen LogP contribution is 2.19. The molecule has 0 saturated carbocycles.